The summed E-state index contributed by atoms with van der Waals surface area (Å²) >= 11 is 6.10. The van der Waals surface area contributed by atoms with Gasteiger partial charge in [0.2, 0.25) is 11.8 Å². The summed E-state index contributed by atoms with van der Waals surface area (Å²) in [7, 11) is 0. The fraction of sp³-hybridized carbons (Fsp3) is 0.636. The standard InChI is InChI=1S/C22H32ClN3O2/c1-16(2)20(24-21(27)17-7-4-3-5-8-17)22(28)26-13-11-25(12-14-26)19-10-6-9-18(23)15-19/h6,9-10,15-17,20H,3-5,7-8,11-14H2,1-2H3,(H,24,27). The molecule has 1 atom stereocenters. The van der Waals surface area contributed by atoms with Gasteiger partial charge in [-0.2, -0.15) is 0 Å². The number of benzene rings is 1. The summed E-state index contributed by atoms with van der Waals surface area (Å²) in [5.74, 6) is 0.252. The number of carbonyl (C=O) groups excluding carboxylic acids is 2. The number of halogens is 1. The first-order valence-electron chi connectivity index (χ1n) is 10.6. The van der Waals surface area contributed by atoms with E-state index in [0.29, 0.717) is 13.1 Å². The predicted octanol–water partition coefficient (Wildman–Crippen LogP) is 3.71. The van der Waals surface area contributed by atoms with Crippen molar-refractivity contribution < 1.29 is 9.59 Å². The van der Waals surface area contributed by atoms with Gasteiger partial charge in [-0.25, -0.2) is 0 Å². The molecule has 2 fully saturated rings. The molecular formula is C22H32ClN3O2. The Balaban J connectivity index is 1.57. The quantitative estimate of drug-likeness (QED) is 0.812. The Kier molecular flexibility index (Phi) is 7.22. The summed E-state index contributed by atoms with van der Waals surface area (Å²) in [5, 5.41) is 3.80. The normalized spacial score (nSPS) is 19.6. The molecule has 5 nitrogen and oxygen atoms in total. The molecule has 1 aliphatic heterocycles. The molecule has 1 heterocycles. The summed E-state index contributed by atoms with van der Waals surface area (Å²) in [6, 6.07) is 7.38. The van der Waals surface area contributed by atoms with E-state index in [-0.39, 0.29) is 23.7 Å². The van der Waals surface area contributed by atoms with E-state index < -0.39 is 6.04 Å². The number of anilines is 1. The minimum atomic E-state index is -0.438. The van der Waals surface area contributed by atoms with Crippen LogP contribution in [0, 0.1) is 11.8 Å². The number of piperazine rings is 1. The minimum Gasteiger partial charge on any atom is -0.368 e. The molecule has 1 N–H and O–H groups in total. The van der Waals surface area contributed by atoms with E-state index in [4.69, 9.17) is 11.6 Å². The average molecular weight is 406 g/mol. The molecule has 2 aliphatic rings. The third-order valence-corrected chi connectivity index (χ3v) is 6.21. The largest absolute Gasteiger partial charge is 0.368 e. The second kappa shape index (κ2) is 9.64. The molecule has 1 aliphatic carbocycles. The van der Waals surface area contributed by atoms with Crippen LogP contribution in [-0.2, 0) is 9.59 Å². The van der Waals surface area contributed by atoms with Crippen LogP contribution in [0.25, 0.3) is 0 Å². The molecular weight excluding hydrogens is 374 g/mol. The van der Waals surface area contributed by atoms with Gasteiger partial charge >= 0.3 is 0 Å². The molecule has 1 saturated carbocycles. The summed E-state index contributed by atoms with van der Waals surface area (Å²) in [6.07, 6.45) is 5.34. The van der Waals surface area contributed by atoms with Gasteiger partial charge in [0.25, 0.3) is 0 Å². The maximum Gasteiger partial charge on any atom is 0.245 e. The fourth-order valence-electron chi connectivity index (χ4n) is 4.20. The maximum absolute atomic E-state index is 13.1. The molecule has 154 valence electrons. The highest BCUT2D eigenvalue weighted by Crippen LogP contribution is 2.25. The first-order chi connectivity index (χ1) is 13.5. The smallest absolute Gasteiger partial charge is 0.245 e. The summed E-state index contributed by atoms with van der Waals surface area (Å²) in [5.41, 5.74) is 1.09. The van der Waals surface area contributed by atoms with Crippen molar-refractivity contribution >= 4 is 29.1 Å². The third-order valence-electron chi connectivity index (χ3n) is 5.97. The highest BCUT2D eigenvalue weighted by molar-refractivity contribution is 6.30. The highest BCUT2D eigenvalue weighted by Gasteiger charge is 2.32. The Bertz CT molecular complexity index is 680. The van der Waals surface area contributed by atoms with Crippen LogP contribution >= 0.6 is 11.6 Å². The Morgan fingerprint density at radius 1 is 1.07 bits per heavy atom. The second-order valence-electron chi connectivity index (χ2n) is 8.36. The highest BCUT2D eigenvalue weighted by atomic mass is 35.5. The number of hydrogen-bond acceptors (Lipinski definition) is 3. The number of rotatable bonds is 5. The van der Waals surface area contributed by atoms with Crippen LogP contribution in [0.1, 0.15) is 46.0 Å². The first-order valence-corrected chi connectivity index (χ1v) is 10.9. The fourth-order valence-corrected chi connectivity index (χ4v) is 4.39. The zero-order valence-electron chi connectivity index (χ0n) is 17.0. The van der Waals surface area contributed by atoms with Crippen molar-refractivity contribution in [3.8, 4) is 0 Å². The van der Waals surface area contributed by atoms with Crippen LogP contribution in [0.4, 0.5) is 5.69 Å². The number of nitrogens with one attached hydrogen (secondary N) is 1. The molecule has 3 rings (SSSR count). The second-order valence-corrected chi connectivity index (χ2v) is 8.79. The lowest BCUT2D eigenvalue weighted by Gasteiger charge is -2.38. The minimum absolute atomic E-state index is 0.0462. The summed E-state index contributed by atoms with van der Waals surface area (Å²) < 4.78 is 0. The first kappa shape index (κ1) is 21.0. The van der Waals surface area contributed by atoms with Crippen molar-refractivity contribution in [1.82, 2.24) is 10.2 Å². The van der Waals surface area contributed by atoms with Gasteiger partial charge < -0.3 is 15.1 Å². The number of nitrogens with zero attached hydrogens (tertiary/aromatic N) is 2. The van der Waals surface area contributed by atoms with Crippen molar-refractivity contribution in [3.63, 3.8) is 0 Å². The topological polar surface area (TPSA) is 52.7 Å². The zero-order chi connectivity index (χ0) is 20.1. The van der Waals surface area contributed by atoms with Gasteiger partial charge in [-0.1, -0.05) is 50.8 Å². The molecule has 2 amide bonds. The Morgan fingerprint density at radius 3 is 2.36 bits per heavy atom. The van der Waals surface area contributed by atoms with Crippen LogP contribution in [0.2, 0.25) is 5.02 Å². The van der Waals surface area contributed by atoms with Crippen LogP contribution in [0.15, 0.2) is 24.3 Å². The molecule has 0 radical (unpaired) electrons. The maximum atomic E-state index is 13.1. The Hall–Kier alpha value is -1.75. The number of amides is 2. The Morgan fingerprint density at radius 2 is 1.75 bits per heavy atom. The molecule has 1 unspecified atom stereocenters. The van der Waals surface area contributed by atoms with Crippen molar-refractivity contribution in [1.29, 1.82) is 0 Å². The van der Waals surface area contributed by atoms with Crippen molar-refractivity contribution in [2.45, 2.75) is 52.0 Å². The van der Waals surface area contributed by atoms with Gasteiger partial charge in [0.05, 0.1) is 0 Å². The molecule has 6 heteroatoms. The number of hydrogen-bond donors (Lipinski definition) is 1. The van der Waals surface area contributed by atoms with Crippen LogP contribution in [-0.4, -0.2) is 48.9 Å². The van der Waals surface area contributed by atoms with Gasteiger partial charge in [-0.15, -0.1) is 0 Å². The summed E-state index contributed by atoms with van der Waals surface area (Å²) in [6.45, 7) is 6.88. The zero-order valence-corrected chi connectivity index (χ0v) is 17.8. The van der Waals surface area contributed by atoms with Gasteiger partial charge in [-0.05, 0) is 37.0 Å². The predicted molar refractivity (Wildman–Crippen MR) is 114 cm³/mol. The van der Waals surface area contributed by atoms with E-state index in [0.717, 1.165) is 49.5 Å². The molecule has 28 heavy (non-hydrogen) atoms. The lowest BCUT2D eigenvalue weighted by Crippen LogP contribution is -2.57. The lowest BCUT2D eigenvalue weighted by atomic mass is 9.88. The van der Waals surface area contributed by atoms with Crippen molar-refractivity contribution in [3.05, 3.63) is 29.3 Å². The lowest BCUT2D eigenvalue weighted by molar-refractivity contribution is -0.139. The molecule has 1 aromatic rings. The van der Waals surface area contributed by atoms with Crippen LogP contribution in [0.5, 0.6) is 0 Å². The van der Waals surface area contributed by atoms with Gasteiger partial charge in [0.15, 0.2) is 0 Å². The van der Waals surface area contributed by atoms with Crippen molar-refractivity contribution in [2.24, 2.45) is 11.8 Å². The van der Waals surface area contributed by atoms with E-state index in [2.05, 4.69) is 10.2 Å². The van der Waals surface area contributed by atoms with Crippen LogP contribution in [0.3, 0.4) is 0 Å². The van der Waals surface area contributed by atoms with Crippen molar-refractivity contribution in [2.75, 3.05) is 31.1 Å². The molecule has 0 bridgehead atoms. The molecule has 0 aromatic heterocycles. The number of carbonyl (C=O) groups is 2. The summed E-state index contributed by atoms with van der Waals surface area (Å²) in [4.78, 5) is 29.9. The van der Waals surface area contributed by atoms with E-state index in [1.807, 2.05) is 43.0 Å². The molecule has 1 aromatic carbocycles. The third kappa shape index (κ3) is 5.19. The van der Waals surface area contributed by atoms with Gasteiger partial charge in [0, 0.05) is 42.8 Å². The Labute approximate surface area is 173 Å². The molecule has 1 saturated heterocycles. The average Bonchev–Trinajstić information content (AvgIpc) is 2.72. The van der Waals surface area contributed by atoms with E-state index >= 15 is 0 Å². The van der Waals surface area contributed by atoms with E-state index in [1.54, 1.807) is 0 Å². The van der Waals surface area contributed by atoms with Crippen LogP contribution < -0.4 is 10.2 Å². The van der Waals surface area contributed by atoms with Gasteiger partial charge in [-0.3, -0.25) is 9.59 Å². The SMILES string of the molecule is CC(C)C(NC(=O)C1CCCCC1)C(=O)N1CCN(c2cccc(Cl)c2)CC1. The monoisotopic (exact) mass is 405 g/mol. The van der Waals surface area contributed by atoms with Gasteiger partial charge in [0.1, 0.15) is 6.04 Å². The molecule has 0 spiro atoms. The van der Waals surface area contributed by atoms with E-state index in [1.165, 1.54) is 6.42 Å². The van der Waals surface area contributed by atoms with E-state index in [9.17, 15) is 9.59 Å².